The summed E-state index contributed by atoms with van der Waals surface area (Å²) >= 11 is 0. The van der Waals surface area contributed by atoms with Crippen molar-refractivity contribution in [3.8, 4) is 0 Å². The highest BCUT2D eigenvalue weighted by Crippen LogP contribution is 2.22. The van der Waals surface area contributed by atoms with E-state index < -0.39 is 22.2 Å². The van der Waals surface area contributed by atoms with Crippen molar-refractivity contribution in [2.45, 2.75) is 6.10 Å². The van der Waals surface area contributed by atoms with Crippen LogP contribution in [-0.2, 0) is 28.6 Å². The first kappa shape index (κ1) is 9.88. The van der Waals surface area contributed by atoms with Crippen LogP contribution in [0.2, 0.25) is 0 Å². The van der Waals surface area contributed by atoms with Gasteiger partial charge in [0.25, 0.3) is 10.1 Å². The minimum absolute atomic E-state index is 0.0587. The summed E-state index contributed by atoms with van der Waals surface area (Å²) in [6, 6.07) is 0. The Labute approximate surface area is 81.3 Å². The van der Waals surface area contributed by atoms with E-state index >= 15 is 0 Å². The van der Waals surface area contributed by atoms with Gasteiger partial charge in [-0.2, -0.15) is 8.42 Å². The van der Waals surface area contributed by atoms with E-state index in [0.29, 0.717) is 0 Å². The predicted octanol–water partition coefficient (Wildman–Crippen LogP) is -1.10. The third kappa shape index (κ3) is 2.05. The first-order valence-corrected chi connectivity index (χ1v) is 5.79. The molecule has 0 aromatic rings. The van der Waals surface area contributed by atoms with Crippen LogP contribution in [0.25, 0.3) is 0 Å². The Bertz CT molecular complexity index is 334. The van der Waals surface area contributed by atoms with Gasteiger partial charge in [0.15, 0.2) is 0 Å². The molecule has 0 aliphatic carbocycles. The lowest BCUT2D eigenvalue weighted by Gasteiger charge is -2.25. The zero-order valence-electron chi connectivity index (χ0n) is 7.34. The summed E-state index contributed by atoms with van der Waals surface area (Å²) in [6.07, 6.45) is -0.492. The van der Waals surface area contributed by atoms with Gasteiger partial charge in [-0.15, -0.1) is 0 Å². The summed E-state index contributed by atoms with van der Waals surface area (Å²) in [6.45, 7) is 0.260. The number of carbonyl (C=O) groups excluding carboxylic acids is 1. The molecular formula is C7H10O6S. The molecule has 0 spiro atoms. The first-order chi connectivity index (χ1) is 6.57. The van der Waals surface area contributed by atoms with Crippen molar-refractivity contribution in [2.24, 2.45) is 5.92 Å². The summed E-state index contributed by atoms with van der Waals surface area (Å²) < 4.78 is 36.4. The second-order valence-electron chi connectivity index (χ2n) is 3.31. The summed E-state index contributed by atoms with van der Waals surface area (Å²) in [4.78, 5) is 10.9. The van der Waals surface area contributed by atoms with Crippen molar-refractivity contribution in [3.63, 3.8) is 0 Å². The molecule has 2 unspecified atom stereocenters. The summed E-state index contributed by atoms with van der Waals surface area (Å²) in [5.74, 6) is -0.858. The second kappa shape index (κ2) is 3.48. The molecule has 0 saturated carbocycles. The summed E-state index contributed by atoms with van der Waals surface area (Å²) in [7, 11) is -3.41. The number of hydrogen-bond donors (Lipinski definition) is 0. The number of rotatable bonds is 1. The van der Waals surface area contributed by atoms with E-state index in [1.807, 2.05) is 0 Å². The number of carbonyl (C=O) groups is 1. The average molecular weight is 222 g/mol. The molecule has 2 fully saturated rings. The molecule has 6 nitrogen and oxygen atoms in total. The van der Waals surface area contributed by atoms with Gasteiger partial charge in [-0.1, -0.05) is 0 Å². The maximum absolute atomic E-state index is 11.0. The molecule has 0 N–H and O–H groups in total. The predicted molar refractivity (Wildman–Crippen MR) is 43.9 cm³/mol. The van der Waals surface area contributed by atoms with Crippen LogP contribution in [0.4, 0.5) is 0 Å². The molecule has 0 amide bonds. The van der Waals surface area contributed by atoms with Crippen LogP contribution in [0.1, 0.15) is 0 Å². The number of ether oxygens (including phenoxy) is 2. The van der Waals surface area contributed by atoms with Gasteiger partial charge in [0, 0.05) is 5.92 Å². The quantitative estimate of drug-likeness (QED) is 0.414. The Hall–Kier alpha value is -0.660. The molecule has 2 atom stereocenters. The number of hydrogen-bond acceptors (Lipinski definition) is 6. The smallest absolute Gasteiger partial charge is 0.332 e. The fourth-order valence-corrected chi connectivity index (χ4v) is 2.81. The van der Waals surface area contributed by atoms with Gasteiger partial charge in [-0.05, 0) is 0 Å². The van der Waals surface area contributed by atoms with Gasteiger partial charge >= 0.3 is 5.97 Å². The molecule has 80 valence electrons. The van der Waals surface area contributed by atoms with E-state index in [0.717, 1.165) is 0 Å². The van der Waals surface area contributed by atoms with Gasteiger partial charge < -0.3 is 9.47 Å². The lowest BCUT2D eigenvalue weighted by Crippen LogP contribution is -2.39. The van der Waals surface area contributed by atoms with E-state index in [4.69, 9.17) is 9.47 Å². The van der Waals surface area contributed by atoms with Crippen LogP contribution in [0, 0.1) is 5.92 Å². The Kier molecular flexibility index (Phi) is 2.46. The van der Waals surface area contributed by atoms with Crippen LogP contribution < -0.4 is 0 Å². The minimum Gasteiger partial charge on any atom is -0.458 e. The van der Waals surface area contributed by atoms with Gasteiger partial charge in [0.1, 0.15) is 12.7 Å². The van der Waals surface area contributed by atoms with E-state index in [-0.39, 0.29) is 31.5 Å². The van der Waals surface area contributed by atoms with Crippen LogP contribution >= 0.6 is 0 Å². The van der Waals surface area contributed by atoms with Crippen molar-refractivity contribution in [3.05, 3.63) is 0 Å². The monoisotopic (exact) mass is 222 g/mol. The van der Waals surface area contributed by atoms with E-state index in [1.54, 1.807) is 0 Å². The lowest BCUT2D eigenvalue weighted by molar-refractivity contribution is -0.174. The van der Waals surface area contributed by atoms with E-state index in [1.165, 1.54) is 0 Å². The van der Waals surface area contributed by atoms with Gasteiger partial charge in [-0.25, -0.2) is 4.79 Å². The summed E-state index contributed by atoms with van der Waals surface area (Å²) in [5, 5.41) is 0. The lowest BCUT2D eigenvalue weighted by atomic mass is 10.1. The Balaban J connectivity index is 1.99. The SMILES string of the molecule is O=C1COCC(C2COS(=O)(=O)C2)O1. The zero-order chi connectivity index (χ0) is 10.2. The minimum atomic E-state index is -3.41. The Morgan fingerprint density at radius 2 is 2.07 bits per heavy atom. The molecule has 0 aromatic carbocycles. The van der Waals surface area contributed by atoms with Crippen LogP contribution in [0.5, 0.6) is 0 Å². The molecule has 0 radical (unpaired) electrons. The van der Waals surface area contributed by atoms with Crippen LogP contribution in [0.15, 0.2) is 0 Å². The number of cyclic esters (lactones) is 1. The van der Waals surface area contributed by atoms with E-state index in [2.05, 4.69) is 4.18 Å². The van der Waals surface area contributed by atoms with Crippen molar-refractivity contribution < 1.29 is 26.9 Å². The van der Waals surface area contributed by atoms with Crippen molar-refractivity contribution in [2.75, 3.05) is 25.6 Å². The van der Waals surface area contributed by atoms with Gasteiger partial charge in [0.2, 0.25) is 0 Å². The van der Waals surface area contributed by atoms with Crippen molar-refractivity contribution in [1.82, 2.24) is 0 Å². The third-order valence-electron chi connectivity index (χ3n) is 2.19. The molecule has 2 aliphatic rings. The maximum Gasteiger partial charge on any atom is 0.332 e. The van der Waals surface area contributed by atoms with Crippen LogP contribution in [0.3, 0.4) is 0 Å². The molecule has 2 saturated heterocycles. The molecule has 2 heterocycles. The fourth-order valence-electron chi connectivity index (χ4n) is 1.49. The molecule has 2 rings (SSSR count). The highest BCUT2D eigenvalue weighted by molar-refractivity contribution is 7.86. The maximum atomic E-state index is 11.0. The zero-order valence-corrected chi connectivity index (χ0v) is 8.16. The van der Waals surface area contributed by atoms with Gasteiger partial charge in [0.05, 0.1) is 19.0 Å². The molecule has 14 heavy (non-hydrogen) atoms. The highest BCUT2D eigenvalue weighted by Gasteiger charge is 2.38. The second-order valence-corrected chi connectivity index (χ2v) is 5.00. The molecule has 2 aliphatic heterocycles. The average Bonchev–Trinajstić information content (AvgIpc) is 2.46. The van der Waals surface area contributed by atoms with Crippen LogP contribution in [-0.4, -0.2) is 46.1 Å². The standard InChI is InChI=1S/C7H10O6S/c8-7-3-11-2-6(13-7)5-1-12-14(9,10)4-5/h5-6H,1-4H2. The first-order valence-electron chi connectivity index (χ1n) is 4.21. The Morgan fingerprint density at radius 3 is 2.64 bits per heavy atom. The van der Waals surface area contributed by atoms with Gasteiger partial charge in [-0.3, -0.25) is 4.18 Å². The molecular weight excluding hydrogens is 212 g/mol. The largest absolute Gasteiger partial charge is 0.458 e. The molecule has 0 bridgehead atoms. The highest BCUT2D eigenvalue weighted by atomic mass is 32.2. The topological polar surface area (TPSA) is 78.9 Å². The summed E-state index contributed by atoms with van der Waals surface area (Å²) in [5.41, 5.74) is 0. The fraction of sp³-hybridized carbons (Fsp3) is 0.857. The van der Waals surface area contributed by atoms with E-state index in [9.17, 15) is 13.2 Å². The van der Waals surface area contributed by atoms with Crippen molar-refractivity contribution >= 4 is 16.1 Å². The van der Waals surface area contributed by atoms with Crippen molar-refractivity contribution in [1.29, 1.82) is 0 Å². The number of esters is 1. The Morgan fingerprint density at radius 1 is 1.29 bits per heavy atom. The molecule has 7 heteroatoms. The molecule has 0 aromatic heterocycles. The third-order valence-corrected chi connectivity index (χ3v) is 3.52. The normalized spacial score (nSPS) is 36.7.